The molecule has 1 atom stereocenters. The monoisotopic (exact) mass is 356 g/mol. The molecule has 1 unspecified atom stereocenters. The van der Waals surface area contributed by atoms with E-state index >= 15 is 0 Å². The molecule has 0 bridgehead atoms. The molecule has 0 saturated carbocycles. The highest BCUT2D eigenvalue weighted by atomic mass is 32.1. The van der Waals surface area contributed by atoms with Crippen molar-refractivity contribution in [2.24, 2.45) is 0 Å². The van der Waals surface area contributed by atoms with Crippen LogP contribution in [0.3, 0.4) is 0 Å². The van der Waals surface area contributed by atoms with Crippen LogP contribution in [0.25, 0.3) is 10.4 Å². The third-order valence-electron chi connectivity index (χ3n) is 4.50. The minimum Gasteiger partial charge on any atom is -0.466 e. The number of allylic oxidation sites excluding steroid dienone is 1. The number of thiophene rings is 1. The lowest BCUT2D eigenvalue weighted by Crippen LogP contribution is -2.47. The zero-order valence-electron chi connectivity index (χ0n) is 14.6. The van der Waals surface area contributed by atoms with Gasteiger partial charge < -0.3 is 14.5 Å². The van der Waals surface area contributed by atoms with Crippen LogP contribution in [0, 0.1) is 0 Å². The lowest BCUT2D eigenvalue weighted by Gasteiger charge is -2.38. The van der Waals surface area contributed by atoms with Crippen LogP contribution < -0.4 is 0 Å². The molecule has 1 aromatic heterocycles. The number of benzene rings is 1. The van der Waals surface area contributed by atoms with Crippen LogP contribution >= 0.6 is 11.3 Å². The van der Waals surface area contributed by atoms with Crippen molar-refractivity contribution in [3.63, 3.8) is 0 Å². The first-order valence-corrected chi connectivity index (χ1v) is 8.72. The fraction of sp³-hybridized carbons (Fsp3) is 0.263. The molecule has 0 saturated heterocycles. The second-order valence-electron chi connectivity index (χ2n) is 5.91. The number of nitrogens with zero attached hydrogens (tertiary/aromatic N) is 2. The summed E-state index contributed by atoms with van der Waals surface area (Å²) < 4.78 is 4.98. The molecule has 130 valence electrons. The number of esters is 1. The molecule has 6 heteroatoms. The normalized spacial score (nSPS) is 17.9. The van der Waals surface area contributed by atoms with E-state index in [1.165, 1.54) is 12.0 Å². The first-order valence-electron chi connectivity index (χ1n) is 7.90. The maximum absolute atomic E-state index is 12.5. The van der Waals surface area contributed by atoms with Gasteiger partial charge in [0.25, 0.3) is 0 Å². The Hall–Kier alpha value is -2.60. The summed E-state index contributed by atoms with van der Waals surface area (Å²) in [6.07, 6.45) is 0. The second kappa shape index (κ2) is 6.72. The summed E-state index contributed by atoms with van der Waals surface area (Å²) in [6, 6.07) is 13.4. The number of hydrogen-bond donors (Lipinski definition) is 0. The van der Waals surface area contributed by atoms with Gasteiger partial charge in [0.05, 0.1) is 12.7 Å². The predicted octanol–water partition coefficient (Wildman–Crippen LogP) is 3.90. The molecule has 1 aromatic carbocycles. The van der Waals surface area contributed by atoms with E-state index in [1.54, 1.807) is 37.3 Å². The van der Waals surface area contributed by atoms with Crippen LogP contribution in [0.5, 0.6) is 0 Å². The molecular formula is C19H20N2O3S. The summed E-state index contributed by atoms with van der Waals surface area (Å²) in [5.74, 6) is -0.414. The molecule has 1 aliphatic rings. The smallest absolute Gasteiger partial charge is 0.338 e. The van der Waals surface area contributed by atoms with E-state index in [9.17, 15) is 9.59 Å². The van der Waals surface area contributed by atoms with Crippen LogP contribution in [0.4, 0.5) is 4.79 Å². The third kappa shape index (κ3) is 2.93. The van der Waals surface area contributed by atoms with E-state index in [0.717, 1.165) is 15.3 Å². The molecular weight excluding hydrogens is 336 g/mol. The molecule has 5 nitrogen and oxygen atoms in total. The average molecular weight is 356 g/mol. The summed E-state index contributed by atoms with van der Waals surface area (Å²) in [6.45, 7) is 1.77. The second-order valence-corrected chi connectivity index (χ2v) is 7.03. The van der Waals surface area contributed by atoms with Gasteiger partial charge in [0.2, 0.25) is 0 Å². The molecule has 3 rings (SSSR count). The van der Waals surface area contributed by atoms with Gasteiger partial charge >= 0.3 is 12.0 Å². The van der Waals surface area contributed by atoms with Gasteiger partial charge in [-0.3, -0.25) is 0 Å². The van der Waals surface area contributed by atoms with Gasteiger partial charge in [-0.05, 0) is 24.6 Å². The van der Waals surface area contributed by atoms with Gasteiger partial charge in [-0.25, -0.2) is 9.59 Å². The maximum atomic E-state index is 12.5. The molecule has 0 spiro atoms. The molecule has 2 heterocycles. The summed E-state index contributed by atoms with van der Waals surface area (Å²) in [4.78, 5) is 30.0. The summed E-state index contributed by atoms with van der Waals surface area (Å²) in [5.41, 5.74) is 2.23. The number of carbonyl (C=O) groups is 2. The number of hydrogen-bond acceptors (Lipinski definition) is 4. The van der Waals surface area contributed by atoms with Crippen molar-refractivity contribution in [2.45, 2.75) is 13.0 Å². The Labute approximate surface area is 151 Å². The first-order chi connectivity index (χ1) is 12.0. The van der Waals surface area contributed by atoms with E-state index in [0.29, 0.717) is 11.3 Å². The van der Waals surface area contributed by atoms with Crippen LogP contribution in [-0.2, 0) is 9.53 Å². The van der Waals surface area contributed by atoms with Crippen LogP contribution in [-0.4, -0.2) is 43.0 Å². The van der Waals surface area contributed by atoms with Crippen molar-refractivity contribution in [1.82, 2.24) is 9.80 Å². The summed E-state index contributed by atoms with van der Waals surface area (Å²) in [5, 5.41) is 0. The third-order valence-corrected chi connectivity index (χ3v) is 5.69. The van der Waals surface area contributed by atoms with Crippen LogP contribution in [0.1, 0.15) is 17.8 Å². The quantitative estimate of drug-likeness (QED) is 0.784. The molecule has 0 N–H and O–H groups in total. The van der Waals surface area contributed by atoms with Crippen molar-refractivity contribution in [2.75, 3.05) is 21.2 Å². The lowest BCUT2D eigenvalue weighted by atomic mass is 9.99. The van der Waals surface area contributed by atoms with Crippen molar-refractivity contribution in [3.05, 3.63) is 58.6 Å². The molecule has 2 amide bonds. The maximum Gasteiger partial charge on any atom is 0.338 e. The number of amides is 2. The Morgan fingerprint density at radius 3 is 2.44 bits per heavy atom. The van der Waals surface area contributed by atoms with E-state index < -0.39 is 12.0 Å². The highest BCUT2D eigenvalue weighted by molar-refractivity contribution is 7.15. The highest BCUT2D eigenvalue weighted by Crippen LogP contribution is 2.41. The van der Waals surface area contributed by atoms with Crippen molar-refractivity contribution >= 4 is 23.3 Å². The standard InChI is InChI=1S/C19H20N2O3S/c1-12-16(18(22)24-4)17(21(3)19(23)20(12)2)15-11-10-14(25-15)13-8-6-5-7-9-13/h5-11,17H,1-4H3. The van der Waals surface area contributed by atoms with Gasteiger partial charge in [-0.15, -0.1) is 11.3 Å². The van der Waals surface area contributed by atoms with E-state index in [4.69, 9.17) is 4.74 Å². The number of rotatable bonds is 3. The summed E-state index contributed by atoms with van der Waals surface area (Å²) >= 11 is 1.58. The molecule has 1 aliphatic heterocycles. The molecule has 0 radical (unpaired) electrons. The fourth-order valence-electron chi connectivity index (χ4n) is 3.02. The number of ether oxygens (including phenoxy) is 1. The minimum atomic E-state index is -0.446. The Kier molecular flexibility index (Phi) is 4.63. The Morgan fingerprint density at radius 2 is 1.80 bits per heavy atom. The number of likely N-dealkylation sites (N-methyl/N-ethyl adjacent to an activating group) is 1. The van der Waals surface area contributed by atoms with Gasteiger partial charge in [0, 0.05) is 29.5 Å². The fourth-order valence-corrected chi connectivity index (χ4v) is 4.19. The number of methoxy groups -OCH3 is 1. The van der Waals surface area contributed by atoms with Gasteiger partial charge in [0.1, 0.15) is 6.04 Å². The summed E-state index contributed by atoms with van der Waals surface area (Å²) in [7, 11) is 4.73. The minimum absolute atomic E-state index is 0.148. The zero-order valence-corrected chi connectivity index (χ0v) is 15.5. The van der Waals surface area contributed by atoms with Gasteiger partial charge in [-0.1, -0.05) is 30.3 Å². The molecule has 2 aromatic rings. The SMILES string of the molecule is COC(=O)C1=C(C)N(C)C(=O)N(C)C1c1ccc(-c2ccccc2)s1. The molecule has 25 heavy (non-hydrogen) atoms. The van der Waals surface area contributed by atoms with E-state index in [-0.39, 0.29) is 6.03 Å². The highest BCUT2D eigenvalue weighted by Gasteiger charge is 2.39. The largest absolute Gasteiger partial charge is 0.466 e. The van der Waals surface area contributed by atoms with Crippen molar-refractivity contribution in [3.8, 4) is 10.4 Å². The average Bonchev–Trinajstić information content (AvgIpc) is 3.12. The van der Waals surface area contributed by atoms with E-state index in [2.05, 4.69) is 0 Å². The topological polar surface area (TPSA) is 49.9 Å². The van der Waals surface area contributed by atoms with Gasteiger partial charge in [0.15, 0.2) is 0 Å². The number of urea groups is 1. The predicted molar refractivity (Wildman–Crippen MR) is 98.1 cm³/mol. The first kappa shape index (κ1) is 17.2. The Morgan fingerprint density at radius 1 is 1.12 bits per heavy atom. The Bertz CT molecular complexity index is 841. The molecule has 0 fully saturated rings. The number of carbonyl (C=O) groups excluding carboxylic acids is 2. The van der Waals surface area contributed by atoms with Crippen LogP contribution in [0.15, 0.2) is 53.7 Å². The zero-order chi connectivity index (χ0) is 18.1. The van der Waals surface area contributed by atoms with Gasteiger partial charge in [-0.2, -0.15) is 0 Å². The molecule has 0 aliphatic carbocycles. The van der Waals surface area contributed by atoms with Crippen molar-refractivity contribution < 1.29 is 14.3 Å². The van der Waals surface area contributed by atoms with E-state index in [1.807, 2.05) is 42.5 Å². The Balaban J connectivity index is 2.09. The lowest BCUT2D eigenvalue weighted by molar-refractivity contribution is -0.137. The van der Waals surface area contributed by atoms with Crippen LogP contribution in [0.2, 0.25) is 0 Å². The van der Waals surface area contributed by atoms with Crippen molar-refractivity contribution in [1.29, 1.82) is 0 Å².